The number of anilines is 6. The molecule has 4 aliphatic heterocycles. The molecule has 400 valence electrons. The number of carbonyl (C=O) groups excluding carboxylic acids is 4. The van der Waals surface area contributed by atoms with Gasteiger partial charge in [-0.1, -0.05) is 58.9 Å². The quantitative estimate of drug-likeness (QED) is 0.117. The van der Waals surface area contributed by atoms with E-state index >= 15 is 0 Å². The lowest BCUT2D eigenvalue weighted by atomic mass is 9.75. The number of carbonyl (C=O) groups is 4. The predicted octanol–water partition coefficient (Wildman–Crippen LogP) is 4.76. The van der Waals surface area contributed by atoms with E-state index in [0.29, 0.717) is 56.9 Å². The van der Waals surface area contributed by atoms with Gasteiger partial charge in [0.05, 0.1) is 82.0 Å². The van der Waals surface area contributed by atoms with Crippen LogP contribution < -0.4 is 42.4 Å². The molecule has 74 heavy (non-hydrogen) atoms. The maximum absolute atomic E-state index is 12.7. The lowest BCUT2D eigenvalue weighted by Gasteiger charge is -2.42. The number of hydrogen-bond acceptors (Lipinski definition) is 18. The fraction of sp³-hybridized carbons (Fsp3) is 0.500. The maximum Gasteiger partial charge on any atom is 0.313 e. The van der Waals surface area contributed by atoms with Crippen molar-refractivity contribution in [3.8, 4) is 0 Å². The number of nitrogen functional groups attached to an aromatic ring is 2. The molecule has 4 aliphatic rings. The number of nitrogens with two attached hydrogens (primary N) is 3. The zero-order chi connectivity index (χ0) is 53.7. The van der Waals surface area contributed by atoms with E-state index in [1.54, 1.807) is 48.8 Å². The molecule has 21 nitrogen and oxygen atoms in total. The number of amides is 4. The summed E-state index contributed by atoms with van der Waals surface area (Å²) in [6.07, 6.45) is 7.02. The number of benzene rings is 2. The van der Waals surface area contributed by atoms with Crippen LogP contribution in [0.15, 0.2) is 68.6 Å². The molecule has 3 atom stereocenters. The summed E-state index contributed by atoms with van der Waals surface area (Å²) in [5.41, 5.74) is 19.4. The number of ether oxygens (including phenoxy) is 2. The number of halogens is 2. The van der Waals surface area contributed by atoms with Crippen LogP contribution in [0.5, 0.6) is 0 Å². The summed E-state index contributed by atoms with van der Waals surface area (Å²) in [7, 11) is 4.83. The molecule has 0 radical (unpaired) electrons. The molecule has 9 N–H and O–H groups in total. The van der Waals surface area contributed by atoms with Crippen molar-refractivity contribution >= 4 is 116 Å². The second-order valence-electron chi connectivity index (χ2n) is 20.0. The molecule has 4 fully saturated rings. The minimum absolute atomic E-state index is 0.0379. The Bertz CT molecular complexity index is 2760. The van der Waals surface area contributed by atoms with E-state index in [4.69, 9.17) is 49.9 Å². The van der Waals surface area contributed by atoms with Crippen LogP contribution in [0.3, 0.4) is 0 Å². The van der Waals surface area contributed by atoms with Crippen LogP contribution in [0.4, 0.5) is 34.6 Å². The largest absolute Gasteiger partial charge is 0.381 e. The molecule has 2 spiro atoms. The summed E-state index contributed by atoms with van der Waals surface area (Å²) in [5.74, 6) is -0.953. The van der Waals surface area contributed by atoms with E-state index in [2.05, 4.69) is 45.1 Å². The van der Waals surface area contributed by atoms with Crippen molar-refractivity contribution in [2.45, 2.75) is 83.1 Å². The molecule has 2 aromatic heterocycles. The minimum Gasteiger partial charge on any atom is -0.381 e. The summed E-state index contributed by atoms with van der Waals surface area (Å²) in [4.78, 5) is 74.2. The Morgan fingerprint density at radius 1 is 0.716 bits per heavy atom. The number of nitrogens with zero attached hydrogens (tertiary/aromatic N) is 8. The van der Waals surface area contributed by atoms with Gasteiger partial charge in [0.25, 0.3) is 0 Å². The Labute approximate surface area is 452 Å². The molecule has 0 saturated carbocycles. The predicted molar refractivity (Wildman–Crippen MR) is 291 cm³/mol. The Hall–Kier alpha value is -5.05. The normalized spacial score (nSPS) is 19.4. The molecule has 0 aliphatic carbocycles. The third kappa shape index (κ3) is 13.1. The van der Waals surface area contributed by atoms with Gasteiger partial charge in [-0.3, -0.25) is 19.2 Å². The summed E-state index contributed by atoms with van der Waals surface area (Å²) in [5, 5.41) is 6.62. The van der Waals surface area contributed by atoms with E-state index in [1.807, 2.05) is 20.8 Å². The standard InChI is InChI=1S/C26H36ClN7O4S2.C22H28ClN7O3S/c1-25(2,3)40(37)32-18-14-38-15-26(18)9-11-34(12-10-26)19-13-29-23(21(28)31-19)39-17-8-6-7-16(20(17)27)30-22(35)24(36)33(4)5;1-29(2)21(32)19(31)27-13-4-3-5-14(17(13)23)34-20-18(25)28-16(10-26-20)30-8-6-22(7-9-30)12-33-11-15(22)24/h6-8,13,18,32H,9-12,14-15H2,1-5H3,(H2,28,31)(H,30,35);3-5,10,15H,6-9,11-12,24H2,1-2H3,(H2,25,28)(H,27,31)/t18-,40-;15-/m11/s1. The van der Waals surface area contributed by atoms with Crippen molar-refractivity contribution in [3.63, 3.8) is 0 Å². The smallest absolute Gasteiger partial charge is 0.313 e. The molecule has 0 bridgehead atoms. The van der Waals surface area contributed by atoms with Gasteiger partial charge in [0, 0.05) is 81.0 Å². The summed E-state index contributed by atoms with van der Waals surface area (Å²) < 4.78 is 27.1. The van der Waals surface area contributed by atoms with Gasteiger partial charge in [-0.2, -0.15) is 0 Å². The van der Waals surface area contributed by atoms with Crippen molar-refractivity contribution in [1.29, 1.82) is 0 Å². The summed E-state index contributed by atoms with van der Waals surface area (Å²) >= 11 is 15.5. The topological polar surface area (TPSA) is 282 Å². The van der Waals surface area contributed by atoms with E-state index < -0.39 is 34.6 Å². The highest BCUT2D eigenvalue weighted by atomic mass is 35.5. The molecule has 4 amide bonds. The molecular formula is C48H64Cl2N14O7S3. The number of piperidine rings is 2. The number of aromatic nitrogens is 4. The second-order valence-corrected chi connectivity index (χ2v) is 24.8. The molecule has 4 saturated heterocycles. The second kappa shape index (κ2) is 23.9. The molecule has 6 heterocycles. The van der Waals surface area contributed by atoms with Crippen LogP contribution in [0.1, 0.15) is 46.5 Å². The highest BCUT2D eigenvalue weighted by molar-refractivity contribution is 7.99. The Morgan fingerprint density at radius 3 is 1.53 bits per heavy atom. The molecule has 2 aromatic carbocycles. The number of nitrogens with one attached hydrogen (secondary N) is 3. The van der Waals surface area contributed by atoms with Crippen molar-refractivity contribution < 1.29 is 32.9 Å². The van der Waals surface area contributed by atoms with Gasteiger partial charge in [0.15, 0.2) is 11.6 Å². The number of hydrogen-bond donors (Lipinski definition) is 6. The van der Waals surface area contributed by atoms with Gasteiger partial charge in [0.2, 0.25) is 0 Å². The molecular weight excluding hydrogens is 1050 g/mol. The first kappa shape index (κ1) is 56.7. The average Bonchev–Trinajstić information content (AvgIpc) is 3.92. The highest BCUT2D eigenvalue weighted by Gasteiger charge is 2.48. The van der Waals surface area contributed by atoms with Crippen LogP contribution in [0.25, 0.3) is 0 Å². The van der Waals surface area contributed by atoms with Gasteiger partial charge in [-0.05, 0) is 70.7 Å². The lowest BCUT2D eigenvalue weighted by Crippen LogP contribution is -2.53. The van der Waals surface area contributed by atoms with E-state index in [9.17, 15) is 23.4 Å². The Balaban J connectivity index is 0.000000219. The summed E-state index contributed by atoms with van der Waals surface area (Å²) in [6, 6.07) is 10.4. The summed E-state index contributed by atoms with van der Waals surface area (Å²) in [6.45, 7) is 11.6. The van der Waals surface area contributed by atoms with Gasteiger partial charge >= 0.3 is 23.6 Å². The zero-order valence-electron chi connectivity index (χ0n) is 42.4. The van der Waals surface area contributed by atoms with E-state index in [1.165, 1.54) is 61.5 Å². The fourth-order valence-electron chi connectivity index (χ4n) is 8.73. The molecule has 8 rings (SSSR count). The van der Waals surface area contributed by atoms with Crippen molar-refractivity contribution in [2.24, 2.45) is 16.6 Å². The molecule has 0 unspecified atom stereocenters. The van der Waals surface area contributed by atoms with Crippen LogP contribution in [0.2, 0.25) is 10.0 Å². The number of likely N-dealkylation sites (N-methyl/N-ethyl adjacent to an activating group) is 2. The first-order chi connectivity index (χ1) is 35.0. The zero-order valence-corrected chi connectivity index (χ0v) is 46.4. The average molecular weight is 1120 g/mol. The Kier molecular flexibility index (Phi) is 18.3. The molecule has 26 heteroatoms. The van der Waals surface area contributed by atoms with E-state index in [-0.39, 0.29) is 49.3 Å². The lowest BCUT2D eigenvalue weighted by molar-refractivity contribution is -0.141. The van der Waals surface area contributed by atoms with Crippen LogP contribution in [-0.2, 0) is 39.6 Å². The van der Waals surface area contributed by atoms with E-state index in [0.717, 1.165) is 64.3 Å². The van der Waals surface area contributed by atoms with Gasteiger partial charge in [-0.25, -0.2) is 28.9 Å². The highest BCUT2D eigenvalue weighted by Crippen LogP contribution is 2.44. The third-order valence-electron chi connectivity index (χ3n) is 13.4. The van der Waals surface area contributed by atoms with Crippen molar-refractivity contribution in [3.05, 3.63) is 58.8 Å². The first-order valence-electron chi connectivity index (χ1n) is 23.8. The van der Waals surface area contributed by atoms with Crippen LogP contribution in [-0.4, -0.2) is 155 Å². The van der Waals surface area contributed by atoms with Gasteiger partial charge < -0.3 is 56.9 Å². The van der Waals surface area contributed by atoms with Crippen LogP contribution in [0, 0.1) is 10.8 Å². The monoisotopic (exact) mass is 1110 g/mol. The minimum atomic E-state index is -1.16. The fourth-order valence-corrected chi connectivity index (χ4v) is 11.9. The van der Waals surface area contributed by atoms with Crippen molar-refractivity contribution in [1.82, 2.24) is 34.5 Å². The maximum atomic E-state index is 12.7. The number of rotatable bonds is 10. The van der Waals surface area contributed by atoms with Crippen LogP contribution >= 0.6 is 46.7 Å². The third-order valence-corrected chi connectivity index (χ3v) is 18.2. The van der Waals surface area contributed by atoms with Crippen molar-refractivity contribution in [2.75, 3.05) is 113 Å². The Morgan fingerprint density at radius 2 is 1.14 bits per heavy atom. The first-order valence-corrected chi connectivity index (χ1v) is 27.4. The van der Waals surface area contributed by atoms with Gasteiger partial charge in [0.1, 0.15) is 21.7 Å². The SMILES string of the molecule is CN(C)C(=O)C(=O)Nc1cccc(Sc2ncc(N3CCC4(CC3)COC[C@H]4N)nc2N)c1Cl.CN(C)C(=O)C(=O)Nc1cccc(Sc2ncc(N3CCC4(CC3)COC[C@H]4N[S@](=O)C(C)(C)C)nc2N)c1Cl. The molecule has 4 aromatic rings. The van der Waals surface area contributed by atoms with Gasteiger partial charge in [-0.15, -0.1) is 0 Å².